The summed E-state index contributed by atoms with van der Waals surface area (Å²) in [5.41, 5.74) is 8.95. The summed E-state index contributed by atoms with van der Waals surface area (Å²) in [7, 11) is 0. The van der Waals surface area contributed by atoms with E-state index in [1.807, 2.05) is 55.5 Å². The van der Waals surface area contributed by atoms with Crippen molar-refractivity contribution in [2.75, 3.05) is 19.6 Å². The van der Waals surface area contributed by atoms with Crippen LogP contribution in [-0.2, 0) is 11.3 Å². The summed E-state index contributed by atoms with van der Waals surface area (Å²) >= 11 is 6.01. The van der Waals surface area contributed by atoms with Crippen LogP contribution in [0.15, 0.2) is 48.5 Å². The van der Waals surface area contributed by atoms with Crippen molar-refractivity contribution in [3.8, 4) is 0 Å². The number of carboxylic acids is 1. The van der Waals surface area contributed by atoms with Crippen LogP contribution in [0.25, 0.3) is 0 Å². The number of nitrogens with zero attached hydrogens (tertiary/aromatic N) is 2. The highest BCUT2D eigenvalue weighted by Crippen LogP contribution is 2.23. The third kappa shape index (κ3) is 8.23. The van der Waals surface area contributed by atoms with Gasteiger partial charge >= 0.3 is 12.0 Å². The molecule has 0 aliphatic carbocycles. The molecule has 2 aromatic rings. The Morgan fingerprint density at radius 3 is 2.29 bits per heavy atom. The minimum absolute atomic E-state index is 0.101. The maximum atomic E-state index is 12.0. The molecular weight excluding hydrogens is 414 g/mol. The first-order chi connectivity index (χ1) is 14.8. The Morgan fingerprint density at radius 1 is 1.03 bits per heavy atom. The van der Waals surface area contributed by atoms with Gasteiger partial charge in [0.25, 0.3) is 0 Å². The fraction of sp³-hybridized carbons (Fsp3) is 0.417. The zero-order valence-corrected chi connectivity index (χ0v) is 19.0. The topological polar surface area (TPSA) is 86.9 Å². The summed E-state index contributed by atoms with van der Waals surface area (Å²) in [4.78, 5) is 26.8. The van der Waals surface area contributed by atoms with Crippen molar-refractivity contribution in [3.05, 3.63) is 70.2 Å². The molecule has 0 saturated carbocycles. The molecule has 0 saturated heterocycles. The third-order valence-corrected chi connectivity index (χ3v) is 5.80. The smallest absolute Gasteiger partial charge is 0.315 e. The van der Waals surface area contributed by atoms with Crippen LogP contribution in [0.5, 0.6) is 0 Å². The van der Waals surface area contributed by atoms with Gasteiger partial charge in [0.1, 0.15) is 0 Å². The van der Waals surface area contributed by atoms with E-state index in [2.05, 4.69) is 11.8 Å². The second-order valence-corrected chi connectivity index (χ2v) is 8.24. The molecule has 0 aliphatic rings. The lowest BCUT2D eigenvalue weighted by Gasteiger charge is -2.30. The zero-order valence-electron chi connectivity index (χ0n) is 18.3. The molecule has 0 fully saturated rings. The highest BCUT2D eigenvalue weighted by Gasteiger charge is 2.18. The number of benzene rings is 2. The highest BCUT2D eigenvalue weighted by atomic mass is 35.5. The molecule has 0 aromatic heterocycles. The molecule has 31 heavy (non-hydrogen) atoms. The van der Waals surface area contributed by atoms with Crippen LogP contribution in [0.1, 0.15) is 48.9 Å². The average molecular weight is 446 g/mol. The lowest BCUT2D eigenvalue weighted by Crippen LogP contribution is -2.38. The minimum Gasteiger partial charge on any atom is -0.481 e. The number of halogens is 1. The maximum absolute atomic E-state index is 12.0. The van der Waals surface area contributed by atoms with E-state index in [4.69, 9.17) is 22.4 Å². The molecule has 7 heteroatoms. The number of carboxylic acid groups (broad SMARTS) is 1. The number of carbonyl (C=O) groups is 2. The van der Waals surface area contributed by atoms with Gasteiger partial charge in [-0.15, -0.1) is 0 Å². The number of primary amides is 1. The molecule has 0 radical (unpaired) electrons. The van der Waals surface area contributed by atoms with Gasteiger partial charge in [0.15, 0.2) is 0 Å². The Bertz CT molecular complexity index is 857. The van der Waals surface area contributed by atoms with E-state index in [-0.39, 0.29) is 12.5 Å². The monoisotopic (exact) mass is 445 g/mol. The molecule has 0 spiro atoms. The molecule has 2 rings (SSSR count). The van der Waals surface area contributed by atoms with Crippen molar-refractivity contribution < 1.29 is 14.7 Å². The van der Waals surface area contributed by atoms with Crippen LogP contribution in [0.4, 0.5) is 4.79 Å². The van der Waals surface area contributed by atoms with E-state index in [9.17, 15) is 9.59 Å². The number of aliphatic carboxylic acids is 1. The summed E-state index contributed by atoms with van der Waals surface area (Å²) in [5, 5.41) is 9.68. The number of hydrogen-bond acceptors (Lipinski definition) is 3. The quantitative estimate of drug-likeness (QED) is 0.489. The molecule has 168 valence electrons. The van der Waals surface area contributed by atoms with Gasteiger partial charge in [-0.25, -0.2) is 4.79 Å². The third-order valence-electron chi connectivity index (χ3n) is 5.54. The van der Waals surface area contributed by atoms with Crippen molar-refractivity contribution in [1.82, 2.24) is 9.80 Å². The highest BCUT2D eigenvalue weighted by molar-refractivity contribution is 6.30. The Balaban J connectivity index is 2.01. The lowest BCUT2D eigenvalue weighted by molar-refractivity contribution is -0.137. The minimum atomic E-state index is -0.794. The number of rotatable bonds is 12. The van der Waals surface area contributed by atoms with Crippen molar-refractivity contribution in [3.63, 3.8) is 0 Å². The molecule has 1 unspecified atom stereocenters. The summed E-state index contributed by atoms with van der Waals surface area (Å²) < 4.78 is 0. The number of carbonyl (C=O) groups excluding carboxylic acids is 1. The van der Waals surface area contributed by atoms with Gasteiger partial charge in [0.2, 0.25) is 0 Å². The van der Waals surface area contributed by atoms with Crippen LogP contribution in [0, 0.1) is 6.92 Å². The molecule has 3 N–H and O–H groups in total. The van der Waals surface area contributed by atoms with Gasteiger partial charge < -0.3 is 15.7 Å². The maximum Gasteiger partial charge on any atom is 0.315 e. The van der Waals surface area contributed by atoms with Crippen molar-refractivity contribution in [1.29, 1.82) is 0 Å². The summed E-state index contributed by atoms with van der Waals surface area (Å²) in [5.74, 6) is -0.794. The molecule has 0 aliphatic heterocycles. The fourth-order valence-corrected chi connectivity index (χ4v) is 3.74. The van der Waals surface area contributed by atoms with Crippen molar-refractivity contribution in [2.45, 2.75) is 45.7 Å². The molecule has 1 atom stereocenters. The second-order valence-electron chi connectivity index (χ2n) is 7.80. The molecule has 0 heterocycles. The lowest BCUT2D eigenvalue weighted by atomic mass is 10.1. The number of nitrogens with two attached hydrogens (primary N) is 1. The van der Waals surface area contributed by atoms with Crippen LogP contribution in [-0.4, -0.2) is 46.5 Å². The van der Waals surface area contributed by atoms with Gasteiger partial charge in [0.05, 0.1) is 0 Å². The predicted molar refractivity (Wildman–Crippen MR) is 124 cm³/mol. The van der Waals surface area contributed by atoms with Crippen LogP contribution in [0.2, 0.25) is 5.02 Å². The Labute approximate surface area is 189 Å². The Hall–Kier alpha value is -2.57. The molecule has 2 amide bonds. The first-order valence-electron chi connectivity index (χ1n) is 10.6. The van der Waals surface area contributed by atoms with E-state index in [1.165, 1.54) is 0 Å². The summed E-state index contributed by atoms with van der Waals surface area (Å²) in [6, 6.07) is 15.3. The molecule has 6 nitrogen and oxygen atoms in total. The van der Waals surface area contributed by atoms with E-state index >= 15 is 0 Å². The molecule has 0 bridgehead atoms. The van der Waals surface area contributed by atoms with Crippen LogP contribution in [0.3, 0.4) is 0 Å². The van der Waals surface area contributed by atoms with Gasteiger partial charge in [-0.05, 0) is 62.1 Å². The van der Waals surface area contributed by atoms with Gasteiger partial charge in [-0.3, -0.25) is 9.69 Å². The largest absolute Gasteiger partial charge is 0.481 e. The van der Waals surface area contributed by atoms with E-state index in [0.717, 1.165) is 29.7 Å². The Kier molecular flexibility index (Phi) is 9.82. The standard InChI is InChI=1S/C24H32ClN3O3/c1-18-7-3-4-8-21(18)17-28(24(26)31)16-6-15-27(14-5-9-23(29)30)19(2)20-10-12-22(25)13-11-20/h3-4,7-8,10-13,19H,5-6,9,14-17H2,1-2H3,(H2,26,31)(H,29,30). The average Bonchev–Trinajstić information content (AvgIpc) is 2.73. The predicted octanol–water partition coefficient (Wildman–Crippen LogP) is 4.85. The SMILES string of the molecule is Cc1ccccc1CN(CCCN(CCCC(=O)O)C(C)c1ccc(Cl)cc1)C(N)=O. The van der Waals surface area contributed by atoms with Crippen LogP contribution >= 0.6 is 11.6 Å². The summed E-state index contributed by atoms with van der Waals surface area (Å²) in [6.45, 7) is 6.52. The van der Waals surface area contributed by atoms with E-state index < -0.39 is 12.0 Å². The summed E-state index contributed by atoms with van der Waals surface area (Å²) in [6.07, 6.45) is 1.43. The Morgan fingerprint density at radius 2 is 1.68 bits per heavy atom. The first kappa shape index (κ1) is 24.7. The zero-order chi connectivity index (χ0) is 22.8. The first-order valence-corrected chi connectivity index (χ1v) is 11.0. The van der Waals surface area contributed by atoms with Gasteiger partial charge in [-0.1, -0.05) is 48.0 Å². The van der Waals surface area contributed by atoms with E-state index in [1.54, 1.807) is 4.90 Å². The normalized spacial score (nSPS) is 12.0. The number of urea groups is 1. The molecule has 2 aromatic carbocycles. The van der Waals surface area contributed by atoms with Gasteiger partial charge in [0, 0.05) is 37.1 Å². The van der Waals surface area contributed by atoms with Crippen molar-refractivity contribution >= 4 is 23.6 Å². The van der Waals surface area contributed by atoms with E-state index in [0.29, 0.717) is 31.1 Å². The van der Waals surface area contributed by atoms with Gasteiger partial charge in [-0.2, -0.15) is 0 Å². The number of amides is 2. The number of aryl methyl sites for hydroxylation is 1. The fourth-order valence-electron chi connectivity index (χ4n) is 3.61. The van der Waals surface area contributed by atoms with Crippen LogP contribution < -0.4 is 5.73 Å². The number of hydrogen-bond donors (Lipinski definition) is 2. The second kappa shape index (κ2) is 12.3. The molecular formula is C24H32ClN3O3. The van der Waals surface area contributed by atoms with Crippen molar-refractivity contribution in [2.24, 2.45) is 5.73 Å².